The molecule has 0 aliphatic carbocycles. The summed E-state index contributed by atoms with van der Waals surface area (Å²) in [5.41, 5.74) is 12.7. The van der Waals surface area contributed by atoms with Crippen LogP contribution in [0.25, 0.3) is 0 Å². The number of hydrogen-bond acceptors (Lipinski definition) is 2. The van der Waals surface area contributed by atoms with E-state index in [-0.39, 0.29) is 5.91 Å². The number of nitrogens with two attached hydrogens (primary N) is 1. The molecule has 1 amide bonds. The highest BCUT2D eigenvalue weighted by molar-refractivity contribution is 5.89. The van der Waals surface area contributed by atoms with Gasteiger partial charge in [0.15, 0.2) is 0 Å². The van der Waals surface area contributed by atoms with Crippen molar-refractivity contribution in [2.45, 2.75) is 26.8 Å². The number of nitrogens with zero attached hydrogens (tertiary/aromatic N) is 1. The maximum atomic E-state index is 12.1. The van der Waals surface area contributed by atoms with Gasteiger partial charge in [-0.15, -0.1) is 0 Å². The van der Waals surface area contributed by atoms with Gasteiger partial charge in [0, 0.05) is 11.4 Å². The predicted octanol–water partition coefficient (Wildman–Crippen LogP) is 2.18. The number of rotatable bonds is 3. The molecule has 2 rings (SSSR count). The molecule has 4 nitrogen and oxygen atoms in total. The highest BCUT2D eigenvalue weighted by atomic mass is 16.2. The first-order valence-electron chi connectivity index (χ1n) is 6.27. The Morgan fingerprint density at radius 3 is 2.11 bits per heavy atom. The van der Waals surface area contributed by atoms with Crippen molar-refractivity contribution in [3.63, 3.8) is 0 Å². The van der Waals surface area contributed by atoms with Gasteiger partial charge in [-0.1, -0.05) is 29.8 Å². The minimum Gasteiger partial charge on any atom is -0.316 e. The molecule has 2 aromatic rings. The maximum Gasteiger partial charge on any atom is 0.260 e. The highest BCUT2D eigenvalue weighted by Crippen LogP contribution is 2.13. The lowest BCUT2D eigenvalue weighted by Crippen LogP contribution is -2.33. The van der Waals surface area contributed by atoms with Crippen molar-refractivity contribution >= 4 is 5.91 Å². The van der Waals surface area contributed by atoms with Crippen LogP contribution >= 0.6 is 0 Å². The van der Waals surface area contributed by atoms with Gasteiger partial charge < -0.3 is 5.73 Å². The topological polar surface area (TPSA) is 60.1 Å². The second-order valence-corrected chi connectivity index (χ2v) is 4.82. The Morgan fingerprint density at radius 2 is 1.58 bits per heavy atom. The molecule has 1 atom stereocenters. The molecule has 1 aromatic heterocycles. The molecule has 0 fully saturated rings. The second-order valence-electron chi connectivity index (χ2n) is 4.82. The van der Waals surface area contributed by atoms with Gasteiger partial charge in [0.2, 0.25) is 0 Å². The predicted molar refractivity (Wildman–Crippen MR) is 76.4 cm³/mol. The Kier molecular flexibility index (Phi) is 3.71. The number of amides is 1. The largest absolute Gasteiger partial charge is 0.316 e. The third-order valence-electron chi connectivity index (χ3n) is 3.21. The molecule has 1 aromatic carbocycles. The molecule has 0 spiro atoms. The number of nitrogens with one attached hydrogen (secondary N) is 1. The third-order valence-corrected chi connectivity index (χ3v) is 3.21. The van der Waals surface area contributed by atoms with Crippen LogP contribution in [-0.2, 0) is 4.79 Å². The quantitative estimate of drug-likeness (QED) is 0.885. The Morgan fingerprint density at radius 1 is 1.05 bits per heavy atom. The first-order chi connectivity index (χ1) is 8.99. The number of aryl methyl sites for hydroxylation is 3. The average Bonchev–Trinajstić information content (AvgIpc) is 2.70. The zero-order chi connectivity index (χ0) is 14.0. The van der Waals surface area contributed by atoms with Crippen molar-refractivity contribution in [2.24, 2.45) is 5.73 Å². The van der Waals surface area contributed by atoms with E-state index in [1.165, 1.54) is 0 Å². The van der Waals surface area contributed by atoms with Crippen LogP contribution in [-0.4, -0.2) is 10.6 Å². The van der Waals surface area contributed by atoms with Gasteiger partial charge in [-0.3, -0.25) is 14.9 Å². The van der Waals surface area contributed by atoms with E-state index in [0.29, 0.717) is 0 Å². The zero-order valence-electron chi connectivity index (χ0n) is 11.5. The average molecular weight is 257 g/mol. The summed E-state index contributed by atoms with van der Waals surface area (Å²) in [7, 11) is 0. The van der Waals surface area contributed by atoms with Gasteiger partial charge >= 0.3 is 0 Å². The minimum atomic E-state index is -0.665. The normalized spacial score (nSPS) is 12.2. The van der Waals surface area contributed by atoms with Gasteiger partial charge in [-0.2, -0.15) is 0 Å². The van der Waals surface area contributed by atoms with Crippen molar-refractivity contribution in [1.82, 2.24) is 4.68 Å². The summed E-state index contributed by atoms with van der Waals surface area (Å²) < 4.78 is 1.75. The van der Waals surface area contributed by atoms with Crippen molar-refractivity contribution in [3.8, 4) is 0 Å². The fourth-order valence-corrected chi connectivity index (χ4v) is 1.95. The van der Waals surface area contributed by atoms with Crippen molar-refractivity contribution in [3.05, 3.63) is 58.9 Å². The number of aromatic nitrogens is 1. The summed E-state index contributed by atoms with van der Waals surface area (Å²) in [4.78, 5) is 12.1. The fourth-order valence-electron chi connectivity index (χ4n) is 1.95. The van der Waals surface area contributed by atoms with Gasteiger partial charge in [-0.05, 0) is 38.5 Å². The number of carbonyl (C=O) groups is 1. The van der Waals surface area contributed by atoms with E-state index in [9.17, 15) is 4.79 Å². The van der Waals surface area contributed by atoms with E-state index < -0.39 is 6.04 Å². The molecule has 0 aliphatic rings. The van der Waals surface area contributed by atoms with E-state index >= 15 is 0 Å². The molecular weight excluding hydrogens is 238 g/mol. The van der Waals surface area contributed by atoms with Crippen LogP contribution in [0.3, 0.4) is 0 Å². The molecule has 0 radical (unpaired) electrons. The molecule has 1 unspecified atom stereocenters. The summed E-state index contributed by atoms with van der Waals surface area (Å²) in [5, 5.41) is 0. The van der Waals surface area contributed by atoms with E-state index in [1.54, 1.807) is 4.68 Å². The highest BCUT2D eigenvalue weighted by Gasteiger charge is 2.16. The zero-order valence-corrected chi connectivity index (χ0v) is 11.5. The van der Waals surface area contributed by atoms with E-state index in [2.05, 4.69) is 5.43 Å². The summed E-state index contributed by atoms with van der Waals surface area (Å²) in [6.45, 7) is 5.87. The molecule has 4 heteroatoms. The minimum absolute atomic E-state index is 0.216. The van der Waals surface area contributed by atoms with Gasteiger partial charge in [0.25, 0.3) is 5.91 Å². The first kappa shape index (κ1) is 13.4. The molecule has 0 saturated carbocycles. The van der Waals surface area contributed by atoms with Crippen LogP contribution in [0.2, 0.25) is 0 Å². The van der Waals surface area contributed by atoms with Crippen molar-refractivity contribution in [2.75, 3.05) is 5.43 Å². The summed E-state index contributed by atoms with van der Waals surface area (Å²) in [6.07, 6.45) is 0. The monoisotopic (exact) mass is 257 g/mol. The molecule has 0 bridgehead atoms. The second kappa shape index (κ2) is 5.28. The van der Waals surface area contributed by atoms with Gasteiger partial charge in [0.1, 0.15) is 6.04 Å². The van der Waals surface area contributed by atoms with Crippen LogP contribution in [0.5, 0.6) is 0 Å². The smallest absolute Gasteiger partial charge is 0.260 e. The molecule has 0 aliphatic heterocycles. The molecule has 100 valence electrons. The number of carbonyl (C=O) groups excluding carboxylic acids is 1. The van der Waals surface area contributed by atoms with E-state index in [0.717, 1.165) is 22.5 Å². The van der Waals surface area contributed by atoms with E-state index in [4.69, 9.17) is 5.73 Å². The summed E-state index contributed by atoms with van der Waals surface area (Å²) in [6, 6.07) is 10.9. The Labute approximate surface area is 113 Å². The van der Waals surface area contributed by atoms with E-state index in [1.807, 2.05) is 57.2 Å². The van der Waals surface area contributed by atoms with Crippen LogP contribution in [0.4, 0.5) is 0 Å². The molecule has 19 heavy (non-hydrogen) atoms. The Bertz CT molecular complexity index is 564. The lowest BCUT2D eigenvalue weighted by atomic mass is 10.1. The van der Waals surface area contributed by atoms with Crippen LogP contribution in [0.15, 0.2) is 36.4 Å². The van der Waals surface area contributed by atoms with Crippen LogP contribution in [0.1, 0.15) is 28.6 Å². The Hall–Kier alpha value is -2.07. The number of benzene rings is 1. The molecule has 0 saturated heterocycles. The maximum absolute atomic E-state index is 12.1. The number of hydrogen-bond donors (Lipinski definition) is 2. The lowest BCUT2D eigenvalue weighted by molar-refractivity contribution is -0.118. The SMILES string of the molecule is Cc1ccc(C(N)C(=O)Nn2c(C)ccc2C)cc1. The van der Waals surface area contributed by atoms with Gasteiger partial charge in [0.05, 0.1) is 0 Å². The molecule has 3 N–H and O–H groups in total. The fraction of sp³-hybridized carbons (Fsp3) is 0.267. The summed E-state index contributed by atoms with van der Waals surface area (Å²) in [5.74, 6) is -0.216. The first-order valence-corrected chi connectivity index (χ1v) is 6.27. The molecular formula is C15H19N3O. The standard InChI is InChI=1S/C15H19N3O/c1-10-4-8-13(9-5-10)14(16)15(19)17-18-11(2)6-7-12(18)3/h4-9,14H,16H2,1-3H3,(H,17,19). The van der Waals surface area contributed by atoms with Crippen molar-refractivity contribution < 1.29 is 4.79 Å². The van der Waals surface area contributed by atoms with Crippen LogP contribution < -0.4 is 11.2 Å². The third kappa shape index (κ3) is 2.85. The van der Waals surface area contributed by atoms with Crippen LogP contribution in [0, 0.1) is 20.8 Å². The van der Waals surface area contributed by atoms with Crippen molar-refractivity contribution in [1.29, 1.82) is 0 Å². The lowest BCUT2D eigenvalue weighted by Gasteiger charge is -2.16. The summed E-state index contributed by atoms with van der Waals surface area (Å²) >= 11 is 0. The molecule has 1 heterocycles. The van der Waals surface area contributed by atoms with Gasteiger partial charge in [-0.25, -0.2) is 0 Å². The Balaban J connectivity index is 2.14.